The van der Waals surface area contributed by atoms with Gasteiger partial charge in [0, 0.05) is 6.42 Å². The number of esters is 2. The lowest BCUT2D eigenvalue weighted by Crippen LogP contribution is -2.51. The van der Waals surface area contributed by atoms with E-state index in [1.807, 2.05) is 60.7 Å². The molecule has 0 unspecified atom stereocenters. The molecule has 34 heavy (non-hydrogen) atoms. The molecule has 0 fully saturated rings. The van der Waals surface area contributed by atoms with Crippen molar-refractivity contribution in [3.63, 3.8) is 0 Å². The smallest absolute Gasteiger partial charge is 0.411 e. The highest BCUT2D eigenvalue weighted by molar-refractivity contribution is 5.85. The van der Waals surface area contributed by atoms with Crippen LogP contribution >= 0.6 is 0 Å². The van der Waals surface area contributed by atoms with Crippen molar-refractivity contribution in [2.24, 2.45) is 0 Å². The van der Waals surface area contributed by atoms with Gasteiger partial charge in [-0.25, -0.2) is 9.59 Å². The minimum absolute atomic E-state index is 0.0412. The van der Waals surface area contributed by atoms with Crippen molar-refractivity contribution in [3.05, 3.63) is 71.8 Å². The number of carbonyl (C=O) groups is 3. The highest BCUT2D eigenvalue weighted by Crippen LogP contribution is 2.18. The van der Waals surface area contributed by atoms with Gasteiger partial charge in [-0.05, 0) is 52.7 Å². The molecule has 184 valence electrons. The molecule has 0 spiro atoms. The Morgan fingerprint density at radius 1 is 0.765 bits per heavy atom. The summed E-state index contributed by atoms with van der Waals surface area (Å²) in [5, 5.41) is 0. The third-order valence-corrected chi connectivity index (χ3v) is 4.49. The standard InChI is InChI=1S/C27H35NO6/c1-26(2,3)33-23(29)18-28(25(31)34-27(4,5)6)22(17-20-13-9-7-10-14-20)24(30)32-19-21-15-11-8-12-16-21/h7-16,22H,17-19H2,1-6H3/t22-/m0/s1. The van der Waals surface area contributed by atoms with Crippen molar-refractivity contribution in [1.82, 2.24) is 4.90 Å². The van der Waals surface area contributed by atoms with Crippen LogP contribution in [0.4, 0.5) is 4.79 Å². The number of benzene rings is 2. The van der Waals surface area contributed by atoms with Gasteiger partial charge >= 0.3 is 18.0 Å². The lowest BCUT2D eigenvalue weighted by Gasteiger charge is -2.32. The largest absolute Gasteiger partial charge is 0.459 e. The second-order valence-corrected chi connectivity index (χ2v) is 9.99. The highest BCUT2D eigenvalue weighted by atomic mass is 16.6. The average molecular weight is 470 g/mol. The predicted molar refractivity (Wildman–Crippen MR) is 129 cm³/mol. The summed E-state index contributed by atoms with van der Waals surface area (Å²) in [6.45, 7) is 9.95. The lowest BCUT2D eigenvalue weighted by atomic mass is 10.0. The summed E-state index contributed by atoms with van der Waals surface area (Å²) in [4.78, 5) is 40.2. The first kappa shape index (κ1) is 26.9. The van der Waals surface area contributed by atoms with Crippen LogP contribution in [0.1, 0.15) is 52.7 Å². The number of carbonyl (C=O) groups excluding carboxylic acids is 3. The highest BCUT2D eigenvalue weighted by Gasteiger charge is 2.36. The molecule has 1 amide bonds. The zero-order chi connectivity index (χ0) is 25.4. The summed E-state index contributed by atoms with van der Waals surface area (Å²) in [5.74, 6) is -1.28. The van der Waals surface area contributed by atoms with Crippen molar-refractivity contribution >= 4 is 18.0 Å². The Morgan fingerprint density at radius 3 is 1.76 bits per heavy atom. The molecular weight excluding hydrogens is 434 g/mol. The Hall–Kier alpha value is -3.35. The first-order chi connectivity index (χ1) is 15.8. The van der Waals surface area contributed by atoms with Gasteiger partial charge in [-0.1, -0.05) is 60.7 Å². The van der Waals surface area contributed by atoms with Gasteiger partial charge in [0.1, 0.15) is 30.4 Å². The van der Waals surface area contributed by atoms with Gasteiger partial charge in [0.2, 0.25) is 0 Å². The number of hydrogen-bond acceptors (Lipinski definition) is 6. The Kier molecular flexibility index (Phi) is 9.24. The van der Waals surface area contributed by atoms with E-state index in [0.29, 0.717) is 0 Å². The quantitative estimate of drug-likeness (QED) is 0.403. The first-order valence-corrected chi connectivity index (χ1v) is 11.3. The third kappa shape index (κ3) is 9.65. The molecule has 0 aliphatic rings. The topological polar surface area (TPSA) is 82.1 Å². The van der Waals surface area contributed by atoms with Crippen molar-refractivity contribution in [3.8, 4) is 0 Å². The fourth-order valence-electron chi connectivity index (χ4n) is 3.12. The normalized spacial score (nSPS) is 12.4. The molecule has 7 nitrogen and oxygen atoms in total. The van der Waals surface area contributed by atoms with E-state index in [2.05, 4.69) is 0 Å². The maximum Gasteiger partial charge on any atom is 0.411 e. The van der Waals surface area contributed by atoms with E-state index in [-0.39, 0.29) is 13.0 Å². The molecule has 1 atom stereocenters. The van der Waals surface area contributed by atoms with Crippen molar-refractivity contribution in [2.75, 3.05) is 6.54 Å². The minimum Gasteiger partial charge on any atom is -0.459 e. The number of nitrogens with zero attached hydrogens (tertiary/aromatic N) is 1. The van der Waals surface area contributed by atoms with Crippen molar-refractivity contribution < 1.29 is 28.6 Å². The third-order valence-electron chi connectivity index (χ3n) is 4.49. The molecule has 0 heterocycles. The average Bonchev–Trinajstić information content (AvgIpc) is 2.73. The van der Waals surface area contributed by atoms with Crippen LogP contribution in [0.15, 0.2) is 60.7 Å². The maximum atomic E-state index is 13.3. The van der Waals surface area contributed by atoms with Crippen LogP contribution < -0.4 is 0 Å². The van der Waals surface area contributed by atoms with Gasteiger partial charge in [-0.2, -0.15) is 0 Å². The molecule has 0 saturated carbocycles. The van der Waals surface area contributed by atoms with E-state index in [4.69, 9.17) is 14.2 Å². The molecule has 0 aliphatic heterocycles. The minimum atomic E-state index is -1.09. The summed E-state index contributed by atoms with van der Waals surface area (Å²) in [5.41, 5.74) is 0.0423. The fraction of sp³-hybridized carbons (Fsp3) is 0.444. The Morgan fingerprint density at radius 2 is 1.26 bits per heavy atom. The summed E-state index contributed by atoms with van der Waals surface area (Å²) in [7, 11) is 0. The van der Waals surface area contributed by atoms with Gasteiger partial charge < -0.3 is 14.2 Å². The fourth-order valence-corrected chi connectivity index (χ4v) is 3.12. The van der Waals surface area contributed by atoms with Crippen LogP contribution in [0.3, 0.4) is 0 Å². The monoisotopic (exact) mass is 469 g/mol. The molecular formula is C27H35NO6. The second-order valence-electron chi connectivity index (χ2n) is 9.99. The molecule has 2 rings (SSSR count). The molecule has 0 N–H and O–H groups in total. The molecule has 0 bridgehead atoms. The van der Waals surface area contributed by atoms with Crippen LogP contribution in [0.5, 0.6) is 0 Å². The van der Waals surface area contributed by atoms with E-state index < -0.39 is 41.8 Å². The molecule has 7 heteroatoms. The van der Waals surface area contributed by atoms with E-state index in [9.17, 15) is 14.4 Å². The molecule has 0 aliphatic carbocycles. The van der Waals surface area contributed by atoms with E-state index in [1.165, 1.54) is 0 Å². The van der Waals surface area contributed by atoms with E-state index in [0.717, 1.165) is 16.0 Å². The molecule has 2 aromatic carbocycles. The van der Waals surface area contributed by atoms with Gasteiger partial charge in [0.05, 0.1) is 0 Å². The Bertz CT molecular complexity index is 945. The SMILES string of the molecule is CC(C)(C)OC(=O)CN(C(=O)OC(C)(C)C)[C@@H](Cc1ccccc1)C(=O)OCc1ccccc1. The second kappa shape index (κ2) is 11.7. The van der Waals surface area contributed by atoms with Gasteiger partial charge in [0.15, 0.2) is 0 Å². The van der Waals surface area contributed by atoms with Crippen LogP contribution in [0, 0.1) is 0 Å². The number of hydrogen-bond donors (Lipinski definition) is 0. The van der Waals surface area contributed by atoms with Crippen LogP contribution in [0.2, 0.25) is 0 Å². The summed E-state index contributed by atoms with van der Waals surface area (Å²) < 4.78 is 16.5. The summed E-state index contributed by atoms with van der Waals surface area (Å²) in [6, 6.07) is 17.4. The van der Waals surface area contributed by atoms with E-state index in [1.54, 1.807) is 41.5 Å². The van der Waals surface area contributed by atoms with Gasteiger partial charge in [-0.3, -0.25) is 9.69 Å². The van der Waals surface area contributed by atoms with Crippen LogP contribution in [-0.4, -0.2) is 46.7 Å². The summed E-state index contributed by atoms with van der Waals surface area (Å²) >= 11 is 0. The van der Waals surface area contributed by atoms with Crippen molar-refractivity contribution in [2.45, 2.75) is 71.8 Å². The number of amides is 1. The Labute approximate surface area is 202 Å². The van der Waals surface area contributed by atoms with Crippen molar-refractivity contribution in [1.29, 1.82) is 0 Å². The zero-order valence-electron chi connectivity index (χ0n) is 20.9. The van der Waals surface area contributed by atoms with Crippen LogP contribution in [-0.2, 0) is 36.8 Å². The molecule has 2 aromatic rings. The zero-order valence-corrected chi connectivity index (χ0v) is 20.9. The van der Waals surface area contributed by atoms with E-state index >= 15 is 0 Å². The van der Waals surface area contributed by atoms with Gasteiger partial charge in [-0.15, -0.1) is 0 Å². The lowest BCUT2D eigenvalue weighted by molar-refractivity contribution is -0.159. The van der Waals surface area contributed by atoms with Gasteiger partial charge in [0.25, 0.3) is 0 Å². The first-order valence-electron chi connectivity index (χ1n) is 11.3. The Balaban J connectivity index is 2.35. The molecule has 0 aromatic heterocycles. The summed E-state index contributed by atoms with van der Waals surface area (Å²) in [6.07, 6.45) is -0.646. The predicted octanol–water partition coefficient (Wildman–Crippen LogP) is 4.92. The molecule has 0 radical (unpaired) electrons. The van der Waals surface area contributed by atoms with Crippen LogP contribution in [0.25, 0.3) is 0 Å². The number of rotatable bonds is 8. The molecule has 0 saturated heterocycles. The maximum absolute atomic E-state index is 13.3. The number of ether oxygens (including phenoxy) is 3.